The number of aromatic nitrogens is 6. The standard InChI is InChI=1S/C34H46N6O2/c1(5-11-19-39-21-13-9-14-22-39)3-7-17-25-41-31-27-35-33(36-28-31)34-37-29-32(30-38-34)42-26-18-8-4-2-6-12-20-40-23-15-10-16-24-40/h9-10,13-16,21-24,27-30H,1-8,11-12,17-20,25-26H2/q+2. The van der Waals surface area contributed by atoms with Gasteiger partial charge in [0.15, 0.2) is 47.9 Å². The minimum absolute atomic E-state index is 0.480. The lowest BCUT2D eigenvalue weighted by molar-refractivity contribution is -0.697. The molecule has 0 unspecified atom stereocenters. The topological polar surface area (TPSA) is 77.8 Å². The van der Waals surface area contributed by atoms with Crippen LogP contribution in [0, 0.1) is 0 Å². The van der Waals surface area contributed by atoms with Crippen molar-refractivity contribution in [2.75, 3.05) is 13.2 Å². The van der Waals surface area contributed by atoms with Crippen LogP contribution in [0.15, 0.2) is 86.0 Å². The Labute approximate surface area is 250 Å². The zero-order valence-corrected chi connectivity index (χ0v) is 24.9. The van der Waals surface area contributed by atoms with Crippen molar-refractivity contribution >= 4 is 0 Å². The van der Waals surface area contributed by atoms with Crippen molar-refractivity contribution in [2.24, 2.45) is 0 Å². The first-order chi connectivity index (χ1) is 20.9. The van der Waals surface area contributed by atoms with Gasteiger partial charge < -0.3 is 9.47 Å². The van der Waals surface area contributed by atoms with Gasteiger partial charge in [-0.3, -0.25) is 0 Å². The summed E-state index contributed by atoms with van der Waals surface area (Å²) in [6.45, 7) is 3.55. The molecule has 4 heterocycles. The third-order valence-corrected chi connectivity index (χ3v) is 7.17. The van der Waals surface area contributed by atoms with Crippen LogP contribution >= 0.6 is 0 Å². The molecule has 0 amide bonds. The number of unbranched alkanes of at least 4 members (excludes halogenated alkanes) is 10. The van der Waals surface area contributed by atoms with Crippen LogP contribution in [0.1, 0.15) is 77.0 Å². The third kappa shape index (κ3) is 12.3. The number of hydrogen-bond donors (Lipinski definition) is 0. The average molecular weight is 571 g/mol. The molecule has 0 radical (unpaired) electrons. The van der Waals surface area contributed by atoms with Crippen LogP contribution in [0.4, 0.5) is 0 Å². The molecule has 0 N–H and O–H groups in total. The number of rotatable bonds is 21. The van der Waals surface area contributed by atoms with E-state index in [1.54, 1.807) is 24.8 Å². The maximum atomic E-state index is 5.82. The van der Waals surface area contributed by atoms with Gasteiger partial charge in [0, 0.05) is 37.1 Å². The largest absolute Gasteiger partial charge is 0.490 e. The highest BCUT2D eigenvalue weighted by Gasteiger charge is 2.07. The minimum atomic E-state index is 0.480. The molecule has 0 fully saturated rings. The Morgan fingerprint density at radius 1 is 0.405 bits per heavy atom. The van der Waals surface area contributed by atoms with Crippen molar-refractivity contribution in [3.05, 3.63) is 86.0 Å². The fourth-order valence-electron chi connectivity index (χ4n) is 4.77. The van der Waals surface area contributed by atoms with Crippen LogP contribution < -0.4 is 18.6 Å². The van der Waals surface area contributed by atoms with Crippen LogP contribution in [0.5, 0.6) is 11.5 Å². The number of hydrogen-bond acceptors (Lipinski definition) is 6. The molecule has 4 aromatic heterocycles. The van der Waals surface area contributed by atoms with Crippen LogP contribution in [-0.4, -0.2) is 33.1 Å². The van der Waals surface area contributed by atoms with Crippen LogP contribution in [0.25, 0.3) is 11.6 Å². The van der Waals surface area contributed by atoms with Gasteiger partial charge >= 0.3 is 0 Å². The molecule has 4 rings (SSSR count). The highest BCUT2D eigenvalue weighted by Crippen LogP contribution is 2.16. The van der Waals surface area contributed by atoms with Gasteiger partial charge in [-0.05, 0) is 25.7 Å². The summed E-state index contributed by atoms with van der Waals surface area (Å²) in [6.07, 6.45) is 29.7. The maximum absolute atomic E-state index is 5.82. The molecule has 0 aromatic carbocycles. The zero-order chi connectivity index (χ0) is 28.9. The Hall–Kier alpha value is -3.94. The molecule has 4 aromatic rings. The molecule has 0 aliphatic heterocycles. The van der Waals surface area contributed by atoms with Crippen molar-refractivity contribution in [3.63, 3.8) is 0 Å². The molecular weight excluding hydrogens is 524 g/mol. The summed E-state index contributed by atoms with van der Waals surface area (Å²) in [5.41, 5.74) is 0. The summed E-state index contributed by atoms with van der Waals surface area (Å²) < 4.78 is 16.1. The fourth-order valence-corrected chi connectivity index (χ4v) is 4.77. The molecule has 42 heavy (non-hydrogen) atoms. The van der Waals surface area contributed by atoms with Crippen molar-refractivity contribution in [1.82, 2.24) is 19.9 Å². The first-order valence-corrected chi connectivity index (χ1v) is 15.6. The summed E-state index contributed by atoms with van der Waals surface area (Å²) >= 11 is 0. The molecular formula is C34H46N6O2+2. The van der Waals surface area contributed by atoms with Gasteiger partial charge in [-0.1, -0.05) is 50.7 Å². The highest BCUT2D eigenvalue weighted by molar-refractivity contribution is 5.43. The smallest absolute Gasteiger partial charge is 0.197 e. The summed E-state index contributed by atoms with van der Waals surface area (Å²) in [5.74, 6) is 2.31. The van der Waals surface area contributed by atoms with E-state index in [1.807, 2.05) is 0 Å². The molecule has 0 saturated heterocycles. The molecule has 0 bridgehead atoms. The van der Waals surface area contributed by atoms with E-state index in [0.717, 1.165) is 25.9 Å². The van der Waals surface area contributed by atoms with Gasteiger partial charge in [-0.15, -0.1) is 0 Å². The van der Waals surface area contributed by atoms with Crippen molar-refractivity contribution in [3.8, 4) is 23.1 Å². The molecule has 222 valence electrons. The van der Waals surface area contributed by atoms with Gasteiger partial charge in [0.25, 0.3) is 0 Å². The lowest BCUT2D eigenvalue weighted by Crippen LogP contribution is -2.32. The second kappa shape index (κ2) is 19.2. The van der Waals surface area contributed by atoms with E-state index >= 15 is 0 Å². The lowest BCUT2D eigenvalue weighted by Gasteiger charge is -2.07. The third-order valence-electron chi connectivity index (χ3n) is 7.17. The van der Waals surface area contributed by atoms with Crippen molar-refractivity contribution < 1.29 is 18.6 Å². The Balaban J connectivity index is 0.996. The molecule has 0 saturated carbocycles. The normalized spacial score (nSPS) is 11.0. The molecule has 0 aliphatic rings. The predicted octanol–water partition coefficient (Wildman–Crippen LogP) is 6.35. The first-order valence-electron chi connectivity index (χ1n) is 15.6. The summed E-state index contributed by atoms with van der Waals surface area (Å²) in [4.78, 5) is 17.5. The van der Waals surface area contributed by atoms with E-state index in [9.17, 15) is 0 Å². The fraction of sp³-hybridized carbons (Fsp3) is 0.471. The monoisotopic (exact) mass is 570 g/mol. The Morgan fingerprint density at radius 3 is 1.12 bits per heavy atom. The Bertz CT molecular complexity index is 1130. The first kappa shape index (κ1) is 31.0. The minimum Gasteiger partial charge on any atom is -0.490 e. The molecule has 8 nitrogen and oxygen atoms in total. The number of pyridine rings is 2. The van der Waals surface area contributed by atoms with Crippen molar-refractivity contribution in [1.29, 1.82) is 0 Å². The van der Waals surface area contributed by atoms with E-state index in [1.165, 1.54) is 64.2 Å². The van der Waals surface area contributed by atoms with Gasteiger partial charge in [0.2, 0.25) is 0 Å². The molecule has 8 heteroatoms. The zero-order valence-electron chi connectivity index (χ0n) is 24.9. The van der Waals surface area contributed by atoms with Gasteiger partial charge in [-0.25, -0.2) is 29.1 Å². The summed E-state index contributed by atoms with van der Waals surface area (Å²) in [5, 5.41) is 0. The maximum Gasteiger partial charge on any atom is 0.197 e. The Kier molecular flexibility index (Phi) is 14.2. The van der Waals surface area contributed by atoms with Gasteiger partial charge in [-0.2, -0.15) is 0 Å². The van der Waals surface area contributed by atoms with E-state index in [4.69, 9.17) is 9.47 Å². The quantitative estimate of drug-likeness (QED) is 0.0858. The second-order valence-electron chi connectivity index (χ2n) is 10.7. The van der Waals surface area contributed by atoms with Crippen LogP contribution in [0.2, 0.25) is 0 Å². The highest BCUT2D eigenvalue weighted by atomic mass is 16.5. The summed E-state index contributed by atoms with van der Waals surface area (Å²) in [7, 11) is 0. The van der Waals surface area contributed by atoms with Crippen molar-refractivity contribution in [2.45, 2.75) is 90.1 Å². The van der Waals surface area contributed by atoms with E-state index in [-0.39, 0.29) is 0 Å². The molecule has 0 atom stereocenters. The molecule has 0 aliphatic carbocycles. The van der Waals surface area contributed by atoms with E-state index < -0.39 is 0 Å². The number of aryl methyl sites for hydroxylation is 2. The van der Waals surface area contributed by atoms with Gasteiger partial charge in [0.05, 0.1) is 38.0 Å². The van der Waals surface area contributed by atoms with Crippen LogP contribution in [-0.2, 0) is 13.1 Å². The molecule has 0 spiro atoms. The van der Waals surface area contributed by atoms with E-state index in [2.05, 4.69) is 90.3 Å². The van der Waals surface area contributed by atoms with Gasteiger partial charge in [0.1, 0.15) is 13.1 Å². The van der Waals surface area contributed by atoms with Crippen LogP contribution in [0.3, 0.4) is 0 Å². The number of ether oxygens (including phenoxy) is 2. The summed E-state index contributed by atoms with van der Waals surface area (Å²) in [6, 6.07) is 12.4. The second-order valence-corrected chi connectivity index (χ2v) is 10.7. The Morgan fingerprint density at radius 2 is 0.738 bits per heavy atom. The van der Waals surface area contributed by atoms with E-state index in [0.29, 0.717) is 36.4 Å². The SMILES string of the molecule is c1cc[n+](CCCCCCCCOc2cnc(-c3ncc(OCCCCCCCC[n+]4ccccc4)cn3)nc2)cc1. The predicted molar refractivity (Wildman–Crippen MR) is 163 cm³/mol. The number of nitrogens with zero attached hydrogens (tertiary/aromatic N) is 6. The lowest BCUT2D eigenvalue weighted by atomic mass is 10.1. The average Bonchev–Trinajstić information content (AvgIpc) is 3.05.